The van der Waals surface area contributed by atoms with Gasteiger partial charge in [-0.1, -0.05) is 38.9 Å². The summed E-state index contributed by atoms with van der Waals surface area (Å²) in [5, 5.41) is 16.1. The maximum atomic E-state index is 14.5. The molecule has 5 aliphatic rings. The van der Waals surface area contributed by atoms with Crippen molar-refractivity contribution in [1.29, 1.82) is 0 Å². The van der Waals surface area contributed by atoms with E-state index in [1.165, 1.54) is 6.07 Å². The van der Waals surface area contributed by atoms with Gasteiger partial charge < -0.3 is 48.2 Å². The number of esters is 1. The average Bonchev–Trinajstić information content (AvgIpc) is 3.30. The summed E-state index contributed by atoms with van der Waals surface area (Å²) >= 11 is 0. The number of fused-ring (bicyclic) bond motifs is 4. The molecule has 0 radical (unpaired) electrons. The Labute approximate surface area is 335 Å². The van der Waals surface area contributed by atoms with E-state index in [2.05, 4.69) is 24.0 Å². The Morgan fingerprint density at radius 1 is 1.09 bits per heavy atom. The molecule has 0 unspecified atom stereocenters. The number of pyridine rings is 1. The Bertz CT molecular complexity index is 1720. The fraction of sp³-hybridized carbons (Fsp3) is 0.780. The van der Waals surface area contributed by atoms with Crippen molar-refractivity contribution >= 4 is 23.5 Å². The fourth-order valence-corrected chi connectivity index (χ4v) is 9.99. The van der Waals surface area contributed by atoms with Crippen LogP contribution in [0.4, 0.5) is 4.79 Å². The number of ether oxygens (including phenoxy) is 6. The molecule has 1 amide bonds. The second-order valence-electron chi connectivity index (χ2n) is 17.3. The molecular weight excluding hydrogens is 738 g/mol. The van der Waals surface area contributed by atoms with Crippen LogP contribution in [0.2, 0.25) is 0 Å². The van der Waals surface area contributed by atoms with Gasteiger partial charge in [0.05, 0.1) is 61.3 Å². The molecule has 1 aromatic rings. The van der Waals surface area contributed by atoms with Crippen molar-refractivity contribution < 1.29 is 48.0 Å². The van der Waals surface area contributed by atoms with Gasteiger partial charge in [-0.15, -0.1) is 0 Å². The Morgan fingerprint density at radius 2 is 1.84 bits per heavy atom. The summed E-state index contributed by atoms with van der Waals surface area (Å²) in [4.78, 5) is 57.2. The lowest BCUT2D eigenvalue weighted by molar-refractivity contribution is -0.302. The number of nitrogens with one attached hydrogen (secondary N) is 1. The highest BCUT2D eigenvalue weighted by atomic mass is 16.7. The van der Waals surface area contributed by atoms with Crippen LogP contribution in [0.25, 0.3) is 0 Å². The molecule has 318 valence electrons. The number of carbonyl (C=O) groups is 2. The second-order valence-corrected chi connectivity index (χ2v) is 17.3. The molecule has 0 spiro atoms. The largest absolute Gasteiger partial charge is 0.458 e. The average molecular weight is 802 g/mol. The minimum Gasteiger partial charge on any atom is -0.458 e. The van der Waals surface area contributed by atoms with E-state index in [0.29, 0.717) is 43.8 Å². The van der Waals surface area contributed by atoms with Crippen LogP contribution in [0.15, 0.2) is 33.1 Å². The quantitative estimate of drug-likeness (QED) is 0.303. The highest BCUT2D eigenvalue weighted by Gasteiger charge is 2.60. The molecule has 16 heteroatoms. The highest BCUT2D eigenvalue weighted by molar-refractivity contribution is 5.91. The lowest BCUT2D eigenvalue weighted by Gasteiger charge is -2.48. The fourth-order valence-electron chi connectivity index (χ4n) is 9.99. The normalized spacial score (nSPS) is 41.3. The van der Waals surface area contributed by atoms with Gasteiger partial charge in [-0.3, -0.25) is 19.5 Å². The third kappa shape index (κ3) is 8.81. The van der Waals surface area contributed by atoms with E-state index >= 15 is 0 Å². The van der Waals surface area contributed by atoms with Gasteiger partial charge in [0.2, 0.25) is 5.56 Å². The third-order valence-electron chi connectivity index (χ3n) is 12.8. The molecule has 2 N–H and O–H groups in total. The molecule has 57 heavy (non-hydrogen) atoms. The number of H-pyrrole nitrogens is 1. The minimum absolute atomic E-state index is 0.00194. The number of amides is 1. The first-order valence-corrected chi connectivity index (χ1v) is 20.5. The lowest BCUT2D eigenvalue weighted by atomic mass is 9.72. The maximum Gasteiger partial charge on any atom is 0.410 e. The first-order chi connectivity index (χ1) is 27.0. The zero-order chi connectivity index (χ0) is 41.4. The van der Waals surface area contributed by atoms with E-state index in [1.807, 2.05) is 53.6 Å². The molecule has 16 nitrogen and oxygen atoms in total. The van der Waals surface area contributed by atoms with Crippen LogP contribution in [0.3, 0.4) is 0 Å². The van der Waals surface area contributed by atoms with Crippen LogP contribution in [0.5, 0.6) is 0 Å². The maximum absolute atomic E-state index is 14.5. The lowest BCUT2D eigenvalue weighted by Crippen LogP contribution is -2.60. The zero-order valence-electron chi connectivity index (χ0n) is 35.1. The number of aliphatic hydroxyl groups is 1. The number of rotatable bonds is 7. The molecule has 5 aliphatic heterocycles. The molecule has 6 heterocycles. The van der Waals surface area contributed by atoms with Crippen LogP contribution in [0.1, 0.15) is 80.3 Å². The second kappa shape index (κ2) is 17.4. The number of cyclic esters (lactones) is 1. The van der Waals surface area contributed by atoms with E-state index in [4.69, 9.17) is 38.3 Å². The van der Waals surface area contributed by atoms with Crippen LogP contribution >= 0.6 is 0 Å². The predicted octanol–water partition coefficient (Wildman–Crippen LogP) is 3.54. The van der Waals surface area contributed by atoms with Crippen LogP contribution < -0.4 is 5.56 Å². The number of carbonyl (C=O) groups excluding carboxylic acids is 2. The summed E-state index contributed by atoms with van der Waals surface area (Å²) in [6, 6.07) is 4.11. The molecule has 14 atom stereocenters. The summed E-state index contributed by atoms with van der Waals surface area (Å²) in [5.74, 6) is -2.35. The van der Waals surface area contributed by atoms with Crippen LogP contribution in [-0.4, -0.2) is 144 Å². The van der Waals surface area contributed by atoms with Gasteiger partial charge in [0.1, 0.15) is 17.9 Å². The molecule has 4 saturated heterocycles. The molecule has 1 aromatic heterocycles. The standard InChI is InChI=1S/C41H63N5O11/c1-11-30-41(8)35-24(4)32(42-15-16-46(35)39(50)57-41)22(2)18-40(7)36(56-38-33(48)29(45(9)10)17-23(3)54-38)25(5)34(26(6)37(49)55-30)51-19-28(20-52-40)44-53-21-27-13-12-14-31(47)43-27/h12-14,22-26,29-30,33-36,38,48H,11,15-21H2,1-10H3,(H,43,47)/t22-,23+,24+,25+,26+,29-,30-,33+,34+,35-,36-,38-,40-,41-/m1/s1. The van der Waals surface area contributed by atoms with Gasteiger partial charge >= 0.3 is 12.1 Å². The number of aliphatic imine (C=N–C) groups is 1. The Hall–Kier alpha value is -3.41. The van der Waals surface area contributed by atoms with Crippen molar-refractivity contribution in [3.8, 4) is 0 Å². The topological polar surface area (TPSA) is 183 Å². The van der Waals surface area contributed by atoms with E-state index in [1.54, 1.807) is 24.0 Å². The summed E-state index contributed by atoms with van der Waals surface area (Å²) in [6.07, 6.45) is -3.61. The van der Waals surface area contributed by atoms with Crippen LogP contribution in [-0.2, 0) is 44.7 Å². The first-order valence-electron chi connectivity index (χ1n) is 20.5. The van der Waals surface area contributed by atoms with E-state index in [0.717, 1.165) is 5.71 Å². The molecular formula is C41H63N5O11. The van der Waals surface area contributed by atoms with Crippen molar-refractivity contribution in [2.75, 3.05) is 40.4 Å². The summed E-state index contributed by atoms with van der Waals surface area (Å²) < 4.78 is 39.6. The van der Waals surface area contributed by atoms with Gasteiger partial charge in [0.25, 0.3) is 0 Å². The summed E-state index contributed by atoms with van der Waals surface area (Å²) in [6.45, 7) is 16.3. The molecule has 0 aliphatic carbocycles. The molecule has 6 rings (SSSR count). The SMILES string of the molecule is CC[C@H]1OC(=O)[C@@H](C)[C@H]2OCC(=NOCc3cccc(=O)[nH]3)CO[C@](C)(C[C@@H](C)C3=NCCN4C(=O)O[C@@]1(C)[C@H]4[C@H]3C)[C@H](O[C@H]1O[C@@H](C)C[C@@H](N(C)C)[C@@H]1O)[C@H]2C. The summed E-state index contributed by atoms with van der Waals surface area (Å²) in [5.41, 5.74) is -0.665. The van der Waals surface area contributed by atoms with Crippen molar-refractivity contribution in [3.63, 3.8) is 0 Å². The van der Waals surface area contributed by atoms with E-state index < -0.39 is 71.8 Å². The van der Waals surface area contributed by atoms with Crippen molar-refractivity contribution in [2.24, 2.45) is 33.8 Å². The Morgan fingerprint density at radius 3 is 2.54 bits per heavy atom. The zero-order valence-corrected chi connectivity index (χ0v) is 35.1. The molecule has 0 saturated carbocycles. The number of hydrogen-bond acceptors (Lipinski definition) is 14. The summed E-state index contributed by atoms with van der Waals surface area (Å²) in [7, 11) is 3.85. The number of likely N-dealkylation sites (N-methyl/N-ethyl adjacent to an activating group) is 1. The van der Waals surface area contributed by atoms with Gasteiger partial charge in [-0.05, 0) is 73.0 Å². The minimum atomic E-state index is -1.15. The smallest absolute Gasteiger partial charge is 0.410 e. The number of aliphatic hydroxyl groups excluding tert-OH is 1. The number of aromatic amines is 1. The number of nitrogens with zero attached hydrogens (tertiary/aromatic N) is 4. The van der Waals surface area contributed by atoms with Gasteiger partial charge in [-0.2, -0.15) is 0 Å². The molecule has 4 fully saturated rings. The Balaban J connectivity index is 1.45. The number of aromatic nitrogens is 1. The number of oxime groups is 1. The first kappa shape index (κ1) is 43.2. The predicted molar refractivity (Wildman–Crippen MR) is 210 cm³/mol. The van der Waals surface area contributed by atoms with Gasteiger partial charge in [-0.25, -0.2) is 4.79 Å². The molecule has 0 aromatic carbocycles. The van der Waals surface area contributed by atoms with Crippen molar-refractivity contribution in [2.45, 2.75) is 141 Å². The Kier molecular flexibility index (Phi) is 13.2. The molecule has 4 bridgehead atoms. The van der Waals surface area contributed by atoms with Crippen molar-refractivity contribution in [3.05, 3.63) is 34.2 Å². The highest BCUT2D eigenvalue weighted by Crippen LogP contribution is 2.45. The van der Waals surface area contributed by atoms with Gasteiger partial charge in [0, 0.05) is 36.2 Å². The monoisotopic (exact) mass is 801 g/mol. The van der Waals surface area contributed by atoms with Crippen molar-refractivity contribution in [1.82, 2.24) is 14.8 Å². The number of hydrogen-bond donors (Lipinski definition) is 2. The van der Waals surface area contributed by atoms with Gasteiger partial charge in [0.15, 0.2) is 18.5 Å². The third-order valence-corrected chi connectivity index (χ3v) is 12.8. The van der Waals surface area contributed by atoms with E-state index in [9.17, 15) is 19.5 Å². The van der Waals surface area contributed by atoms with Crippen LogP contribution in [0, 0.1) is 23.7 Å². The van der Waals surface area contributed by atoms with E-state index in [-0.39, 0.29) is 49.4 Å².